The summed E-state index contributed by atoms with van der Waals surface area (Å²) in [5, 5.41) is 0.587. The molecule has 0 bridgehead atoms. The lowest BCUT2D eigenvalue weighted by molar-refractivity contribution is -0.124. The van der Waals surface area contributed by atoms with Crippen LogP contribution in [-0.4, -0.2) is 76.5 Å². The summed E-state index contributed by atoms with van der Waals surface area (Å²) in [6, 6.07) is 15.9. The molecule has 1 fully saturated rings. The van der Waals surface area contributed by atoms with Crippen molar-refractivity contribution in [2.75, 3.05) is 27.2 Å². The number of nitrogens with one attached hydrogen (secondary N) is 1. The van der Waals surface area contributed by atoms with E-state index in [0.717, 1.165) is 18.6 Å². The average Bonchev–Trinajstić information content (AvgIpc) is 3.23. The maximum absolute atomic E-state index is 13.4. The number of hydrogen-bond donors (Lipinski definition) is 1. The molecule has 1 aliphatic rings. The molecule has 33 heavy (non-hydrogen) atoms. The van der Waals surface area contributed by atoms with Gasteiger partial charge in [-0.1, -0.05) is 30.3 Å². The Morgan fingerprint density at radius 3 is 2.42 bits per heavy atom. The molecule has 1 N–H and O–H groups in total. The van der Waals surface area contributed by atoms with Gasteiger partial charge in [0.05, 0.1) is 5.56 Å². The van der Waals surface area contributed by atoms with Gasteiger partial charge in [0, 0.05) is 68.5 Å². The normalized spacial score (nSPS) is 19.0. The molecule has 7 nitrogen and oxygen atoms in total. The van der Waals surface area contributed by atoms with E-state index in [0.29, 0.717) is 17.5 Å². The number of rotatable bonds is 5. The van der Waals surface area contributed by atoms with Crippen molar-refractivity contribution >= 4 is 28.5 Å². The van der Waals surface area contributed by atoms with Crippen molar-refractivity contribution in [2.45, 2.75) is 32.5 Å². The van der Waals surface area contributed by atoms with Crippen molar-refractivity contribution in [2.24, 2.45) is 0 Å². The second-order valence-electron chi connectivity index (χ2n) is 9.06. The minimum absolute atomic E-state index is 0.0516. The maximum Gasteiger partial charge on any atom is 0.294 e. The molecule has 2 atom stereocenters. The highest BCUT2D eigenvalue weighted by Gasteiger charge is 2.32. The highest BCUT2D eigenvalue weighted by molar-refractivity contribution is 6.44. The van der Waals surface area contributed by atoms with Crippen molar-refractivity contribution in [1.82, 2.24) is 19.7 Å². The smallest absolute Gasteiger partial charge is 0.294 e. The Morgan fingerprint density at radius 1 is 1.00 bits per heavy atom. The Bertz CT molecular complexity index is 1180. The summed E-state index contributed by atoms with van der Waals surface area (Å²) in [5.74, 6) is -1.24. The number of nitrogens with zero attached hydrogens (tertiary/aromatic N) is 3. The van der Waals surface area contributed by atoms with Crippen LogP contribution < -0.4 is 0 Å². The van der Waals surface area contributed by atoms with Crippen molar-refractivity contribution in [3.05, 3.63) is 71.4 Å². The van der Waals surface area contributed by atoms with Gasteiger partial charge in [-0.3, -0.25) is 19.3 Å². The molecule has 0 aliphatic carbocycles. The fourth-order valence-electron chi connectivity index (χ4n) is 4.44. The number of Topliss-reactive ketones (excluding diaryl/α,β-unsaturated/α-hetero) is 1. The maximum atomic E-state index is 13.4. The minimum atomic E-state index is -0.593. The second-order valence-corrected chi connectivity index (χ2v) is 9.06. The number of benzene rings is 2. The SMILES string of the molecule is CC1CN(C(=O)c2ccc3[nH]cc(C(=O)C(=O)N(C)C)c3c2)C(C)CN1Cc1ccccc1. The number of hydrogen-bond acceptors (Lipinski definition) is 4. The molecule has 1 aliphatic heterocycles. The number of aromatic amines is 1. The van der Waals surface area contributed by atoms with E-state index in [-0.39, 0.29) is 23.6 Å². The second kappa shape index (κ2) is 9.19. The molecule has 2 heterocycles. The zero-order valence-electron chi connectivity index (χ0n) is 19.5. The van der Waals surface area contributed by atoms with Crippen LogP contribution in [0.25, 0.3) is 10.9 Å². The largest absolute Gasteiger partial charge is 0.360 e. The van der Waals surface area contributed by atoms with Gasteiger partial charge in [0.1, 0.15) is 0 Å². The van der Waals surface area contributed by atoms with Gasteiger partial charge in [-0.25, -0.2) is 0 Å². The molecular formula is C26H30N4O3. The quantitative estimate of drug-likeness (QED) is 0.482. The van der Waals surface area contributed by atoms with E-state index in [9.17, 15) is 14.4 Å². The Morgan fingerprint density at radius 2 is 1.73 bits per heavy atom. The zero-order valence-corrected chi connectivity index (χ0v) is 19.5. The molecule has 1 saturated heterocycles. The first-order chi connectivity index (χ1) is 15.8. The van der Waals surface area contributed by atoms with E-state index in [4.69, 9.17) is 0 Å². The Labute approximate surface area is 194 Å². The van der Waals surface area contributed by atoms with E-state index >= 15 is 0 Å². The van der Waals surface area contributed by atoms with E-state index in [1.807, 2.05) is 23.1 Å². The third-order valence-corrected chi connectivity index (χ3v) is 6.38. The first-order valence-electron chi connectivity index (χ1n) is 11.2. The minimum Gasteiger partial charge on any atom is -0.360 e. The van der Waals surface area contributed by atoms with Gasteiger partial charge in [0.15, 0.2) is 0 Å². The highest BCUT2D eigenvalue weighted by atomic mass is 16.2. The Hall–Kier alpha value is -3.45. The lowest BCUT2D eigenvalue weighted by Crippen LogP contribution is -2.57. The summed E-state index contributed by atoms with van der Waals surface area (Å²) in [6.07, 6.45) is 1.54. The number of H-pyrrole nitrogens is 1. The van der Waals surface area contributed by atoms with Crippen LogP contribution in [0.4, 0.5) is 0 Å². The number of amides is 2. The number of likely N-dealkylation sites (N-methyl/N-ethyl adjacent to an activating group) is 1. The third-order valence-electron chi connectivity index (χ3n) is 6.38. The third kappa shape index (κ3) is 4.54. The molecule has 1 aromatic heterocycles. The van der Waals surface area contributed by atoms with Crippen LogP contribution in [0.3, 0.4) is 0 Å². The summed E-state index contributed by atoms with van der Waals surface area (Å²) in [7, 11) is 3.09. The van der Waals surface area contributed by atoms with Crippen LogP contribution in [0.5, 0.6) is 0 Å². The molecule has 0 saturated carbocycles. The standard InChI is InChI=1S/C26H30N4O3/c1-17-15-30(18(2)14-29(17)16-19-8-6-5-7-9-19)25(32)20-10-11-23-21(12-20)22(13-27-23)24(31)26(33)28(3)4/h5-13,17-18,27H,14-16H2,1-4H3. The van der Waals surface area contributed by atoms with E-state index < -0.39 is 11.7 Å². The number of carbonyl (C=O) groups is 3. The monoisotopic (exact) mass is 446 g/mol. The predicted octanol–water partition coefficient (Wildman–Crippen LogP) is 3.17. The first-order valence-corrected chi connectivity index (χ1v) is 11.2. The zero-order chi connectivity index (χ0) is 23.7. The van der Waals surface area contributed by atoms with Gasteiger partial charge in [0.2, 0.25) is 0 Å². The predicted molar refractivity (Wildman–Crippen MR) is 128 cm³/mol. The van der Waals surface area contributed by atoms with Crippen LogP contribution in [0.2, 0.25) is 0 Å². The molecule has 2 unspecified atom stereocenters. The molecule has 0 spiro atoms. The van der Waals surface area contributed by atoms with E-state index in [2.05, 4.69) is 35.9 Å². The number of piperazine rings is 1. The molecular weight excluding hydrogens is 416 g/mol. The topological polar surface area (TPSA) is 76.7 Å². The van der Waals surface area contributed by atoms with Crippen molar-refractivity contribution < 1.29 is 14.4 Å². The number of aromatic nitrogens is 1. The molecule has 7 heteroatoms. The van der Waals surface area contributed by atoms with Crippen molar-refractivity contribution in [1.29, 1.82) is 0 Å². The lowest BCUT2D eigenvalue weighted by Gasteiger charge is -2.44. The van der Waals surface area contributed by atoms with Gasteiger partial charge in [-0.05, 0) is 37.6 Å². The summed E-state index contributed by atoms with van der Waals surface area (Å²) in [4.78, 5) is 46.8. The summed E-state index contributed by atoms with van der Waals surface area (Å²) < 4.78 is 0. The number of fused-ring (bicyclic) bond motifs is 1. The first kappa shape index (κ1) is 22.7. The summed E-state index contributed by atoms with van der Waals surface area (Å²) >= 11 is 0. The lowest BCUT2D eigenvalue weighted by atomic mass is 10.0. The summed E-state index contributed by atoms with van der Waals surface area (Å²) in [6.45, 7) is 6.49. The number of ketones is 1. The Balaban J connectivity index is 1.54. The van der Waals surface area contributed by atoms with Crippen LogP contribution in [-0.2, 0) is 11.3 Å². The van der Waals surface area contributed by atoms with Gasteiger partial charge in [-0.2, -0.15) is 0 Å². The molecule has 2 amide bonds. The van der Waals surface area contributed by atoms with Crippen molar-refractivity contribution in [3.8, 4) is 0 Å². The van der Waals surface area contributed by atoms with Gasteiger partial charge >= 0.3 is 0 Å². The fraction of sp³-hybridized carbons (Fsp3) is 0.346. The molecule has 172 valence electrons. The van der Waals surface area contributed by atoms with Crippen LogP contribution >= 0.6 is 0 Å². The summed E-state index contributed by atoms with van der Waals surface area (Å²) in [5.41, 5.74) is 2.78. The van der Waals surface area contributed by atoms with Crippen LogP contribution in [0, 0.1) is 0 Å². The van der Waals surface area contributed by atoms with E-state index in [1.54, 1.807) is 32.3 Å². The Kier molecular flexibility index (Phi) is 6.33. The van der Waals surface area contributed by atoms with Gasteiger partial charge < -0.3 is 14.8 Å². The number of carbonyl (C=O) groups excluding carboxylic acids is 3. The average molecular weight is 447 g/mol. The van der Waals surface area contributed by atoms with Gasteiger partial charge in [-0.15, -0.1) is 0 Å². The molecule has 4 rings (SSSR count). The van der Waals surface area contributed by atoms with Crippen molar-refractivity contribution in [3.63, 3.8) is 0 Å². The van der Waals surface area contributed by atoms with Gasteiger partial charge in [0.25, 0.3) is 17.6 Å². The van der Waals surface area contributed by atoms with Crippen LogP contribution in [0.15, 0.2) is 54.7 Å². The molecule has 2 aromatic carbocycles. The van der Waals surface area contributed by atoms with Crippen LogP contribution in [0.1, 0.15) is 40.1 Å². The molecule has 0 radical (unpaired) electrons. The van der Waals surface area contributed by atoms with E-state index in [1.165, 1.54) is 16.7 Å². The molecule has 3 aromatic rings. The highest BCUT2D eigenvalue weighted by Crippen LogP contribution is 2.24. The fourth-order valence-corrected chi connectivity index (χ4v) is 4.44.